The maximum Gasteiger partial charge on any atom is 0.146 e. The Hall–Kier alpha value is -0.700. The van der Waals surface area contributed by atoms with E-state index in [1.54, 1.807) is 21.0 Å². The van der Waals surface area contributed by atoms with Crippen molar-refractivity contribution in [3.05, 3.63) is 0 Å². The summed E-state index contributed by atoms with van der Waals surface area (Å²) in [6.45, 7) is 1.60. The van der Waals surface area contributed by atoms with E-state index in [0.717, 1.165) is 12.8 Å². The average Bonchev–Trinajstić information content (AvgIpc) is 1.97. The van der Waals surface area contributed by atoms with Crippen molar-refractivity contribution < 1.29 is 4.79 Å². The Morgan fingerprint density at radius 1 is 1.73 bits per heavy atom. The number of likely N-dealkylation sites (N-methyl/N-ethyl adjacent to an activating group) is 1. The Morgan fingerprint density at radius 2 is 2.36 bits per heavy atom. The molecule has 0 aliphatic rings. The molecule has 0 saturated carbocycles. The van der Waals surface area contributed by atoms with Crippen LogP contribution in [0.4, 0.5) is 0 Å². The second-order valence-corrected chi connectivity index (χ2v) is 2.47. The van der Waals surface area contributed by atoms with Gasteiger partial charge in [-0.1, -0.05) is 0 Å². The third kappa shape index (κ3) is 4.67. The summed E-state index contributed by atoms with van der Waals surface area (Å²) in [5.41, 5.74) is 0. The van der Waals surface area contributed by atoms with Crippen LogP contribution in [-0.4, -0.2) is 32.1 Å². The van der Waals surface area contributed by atoms with E-state index in [1.807, 2.05) is 6.21 Å². The van der Waals surface area contributed by atoms with E-state index >= 15 is 0 Å². The number of nitrogens with zero attached hydrogens (tertiary/aromatic N) is 1. The summed E-state index contributed by atoms with van der Waals surface area (Å²) < 4.78 is 0. The zero-order valence-electron chi connectivity index (χ0n) is 7.42. The summed E-state index contributed by atoms with van der Waals surface area (Å²) >= 11 is 0. The molecule has 0 aliphatic carbocycles. The van der Waals surface area contributed by atoms with Gasteiger partial charge < -0.3 is 10.3 Å². The molecule has 3 nitrogen and oxygen atoms in total. The molecule has 64 valence electrons. The van der Waals surface area contributed by atoms with Crippen LogP contribution in [0.15, 0.2) is 4.99 Å². The van der Waals surface area contributed by atoms with Crippen molar-refractivity contribution in [1.82, 2.24) is 5.32 Å². The van der Waals surface area contributed by atoms with Gasteiger partial charge in [0.2, 0.25) is 0 Å². The molecule has 0 aromatic heterocycles. The number of carbonyl (C=O) groups excluding carboxylic acids is 1. The van der Waals surface area contributed by atoms with Gasteiger partial charge in [-0.15, -0.1) is 0 Å². The lowest BCUT2D eigenvalue weighted by Gasteiger charge is -2.09. The fourth-order valence-corrected chi connectivity index (χ4v) is 0.921. The Labute approximate surface area is 67.9 Å². The van der Waals surface area contributed by atoms with Crippen LogP contribution in [-0.2, 0) is 4.79 Å². The van der Waals surface area contributed by atoms with Crippen molar-refractivity contribution in [2.24, 2.45) is 4.99 Å². The first-order chi connectivity index (χ1) is 5.22. The molecule has 0 aromatic rings. The van der Waals surface area contributed by atoms with Crippen molar-refractivity contribution in [3.63, 3.8) is 0 Å². The highest BCUT2D eigenvalue weighted by Gasteiger charge is 2.08. The Bertz CT molecular complexity index is 143. The fraction of sp³-hybridized carbons (Fsp3) is 0.750. The second-order valence-electron chi connectivity index (χ2n) is 2.47. The summed E-state index contributed by atoms with van der Waals surface area (Å²) in [7, 11) is 3.54. The van der Waals surface area contributed by atoms with Gasteiger partial charge in [-0.25, -0.2) is 0 Å². The summed E-state index contributed by atoms with van der Waals surface area (Å²) in [6, 6.07) is -0.00648. The number of hydrogen-bond donors (Lipinski definition) is 1. The van der Waals surface area contributed by atoms with Gasteiger partial charge in [0.15, 0.2) is 0 Å². The molecular formula is C8H16N2O. The van der Waals surface area contributed by atoms with Gasteiger partial charge in [0.05, 0.1) is 6.04 Å². The fourth-order valence-electron chi connectivity index (χ4n) is 0.921. The Kier molecular flexibility index (Phi) is 5.65. The van der Waals surface area contributed by atoms with E-state index < -0.39 is 0 Å². The highest BCUT2D eigenvalue weighted by atomic mass is 16.1. The van der Waals surface area contributed by atoms with Gasteiger partial charge in [0.1, 0.15) is 5.78 Å². The van der Waals surface area contributed by atoms with Crippen molar-refractivity contribution >= 4 is 12.0 Å². The molecule has 0 radical (unpaired) electrons. The maximum absolute atomic E-state index is 10.9. The number of aliphatic imine (C=N–C) groups is 1. The summed E-state index contributed by atoms with van der Waals surface area (Å²) in [5, 5.41) is 2.95. The van der Waals surface area contributed by atoms with Crippen molar-refractivity contribution in [1.29, 1.82) is 0 Å². The van der Waals surface area contributed by atoms with E-state index in [9.17, 15) is 4.79 Å². The SMILES string of the molecule is C/N=C/CCC(NC)C(C)=O. The summed E-state index contributed by atoms with van der Waals surface area (Å²) in [6.07, 6.45) is 3.53. The smallest absolute Gasteiger partial charge is 0.146 e. The van der Waals surface area contributed by atoms with Crippen LogP contribution in [0.25, 0.3) is 0 Å². The van der Waals surface area contributed by atoms with Crippen LogP contribution >= 0.6 is 0 Å². The Balaban J connectivity index is 3.61. The minimum Gasteiger partial charge on any atom is -0.311 e. The summed E-state index contributed by atoms with van der Waals surface area (Å²) in [4.78, 5) is 14.7. The van der Waals surface area contributed by atoms with E-state index in [-0.39, 0.29) is 11.8 Å². The summed E-state index contributed by atoms with van der Waals surface area (Å²) in [5.74, 6) is 0.192. The monoisotopic (exact) mass is 156 g/mol. The molecule has 0 aromatic carbocycles. The predicted octanol–water partition coefficient (Wildman–Crippen LogP) is 0.644. The molecule has 0 heterocycles. The van der Waals surface area contributed by atoms with E-state index in [4.69, 9.17) is 0 Å². The molecule has 0 rings (SSSR count). The molecule has 0 amide bonds. The zero-order valence-corrected chi connectivity index (χ0v) is 7.42. The molecule has 0 aliphatic heterocycles. The molecular weight excluding hydrogens is 140 g/mol. The molecule has 0 saturated heterocycles. The minimum atomic E-state index is -0.00648. The van der Waals surface area contributed by atoms with E-state index in [0.29, 0.717) is 0 Å². The lowest BCUT2D eigenvalue weighted by atomic mass is 10.1. The van der Waals surface area contributed by atoms with E-state index in [1.165, 1.54) is 0 Å². The highest BCUT2D eigenvalue weighted by Crippen LogP contribution is 1.95. The van der Waals surface area contributed by atoms with Crippen LogP contribution in [0.1, 0.15) is 19.8 Å². The third-order valence-electron chi connectivity index (χ3n) is 1.61. The van der Waals surface area contributed by atoms with Crippen LogP contribution in [0.3, 0.4) is 0 Å². The maximum atomic E-state index is 10.9. The quantitative estimate of drug-likeness (QED) is 0.594. The first kappa shape index (κ1) is 10.3. The van der Waals surface area contributed by atoms with Crippen LogP contribution in [0.5, 0.6) is 0 Å². The first-order valence-electron chi connectivity index (χ1n) is 3.80. The Morgan fingerprint density at radius 3 is 2.73 bits per heavy atom. The lowest BCUT2D eigenvalue weighted by molar-refractivity contribution is -0.118. The molecule has 1 N–H and O–H groups in total. The topological polar surface area (TPSA) is 41.5 Å². The third-order valence-corrected chi connectivity index (χ3v) is 1.61. The van der Waals surface area contributed by atoms with Gasteiger partial charge in [-0.05, 0) is 33.0 Å². The molecule has 11 heavy (non-hydrogen) atoms. The molecule has 3 heteroatoms. The van der Waals surface area contributed by atoms with Crippen molar-refractivity contribution in [2.45, 2.75) is 25.8 Å². The number of carbonyl (C=O) groups is 1. The van der Waals surface area contributed by atoms with Gasteiger partial charge in [0, 0.05) is 7.05 Å². The van der Waals surface area contributed by atoms with Gasteiger partial charge in [-0.2, -0.15) is 0 Å². The largest absolute Gasteiger partial charge is 0.311 e. The molecule has 0 fully saturated rings. The molecule has 0 spiro atoms. The average molecular weight is 156 g/mol. The van der Waals surface area contributed by atoms with Crippen molar-refractivity contribution in [2.75, 3.05) is 14.1 Å². The van der Waals surface area contributed by atoms with Crippen LogP contribution < -0.4 is 5.32 Å². The zero-order chi connectivity index (χ0) is 8.69. The number of rotatable bonds is 5. The molecule has 0 bridgehead atoms. The number of nitrogens with one attached hydrogen (secondary N) is 1. The standard InChI is InChI=1S/C8H16N2O/c1-7(11)8(10-3)5-4-6-9-2/h6,8,10H,4-5H2,1-3H3/b9-6+. The lowest BCUT2D eigenvalue weighted by Crippen LogP contribution is -2.32. The van der Waals surface area contributed by atoms with Crippen LogP contribution in [0.2, 0.25) is 0 Å². The number of ketones is 1. The first-order valence-corrected chi connectivity index (χ1v) is 3.80. The van der Waals surface area contributed by atoms with Gasteiger partial charge in [-0.3, -0.25) is 4.79 Å². The number of hydrogen-bond acceptors (Lipinski definition) is 3. The highest BCUT2D eigenvalue weighted by molar-refractivity contribution is 5.81. The van der Waals surface area contributed by atoms with Crippen molar-refractivity contribution in [3.8, 4) is 0 Å². The van der Waals surface area contributed by atoms with Gasteiger partial charge >= 0.3 is 0 Å². The van der Waals surface area contributed by atoms with Gasteiger partial charge in [0.25, 0.3) is 0 Å². The predicted molar refractivity (Wildman–Crippen MR) is 47.2 cm³/mol. The normalized spacial score (nSPS) is 13.7. The van der Waals surface area contributed by atoms with Crippen LogP contribution in [0, 0.1) is 0 Å². The number of Topliss-reactive ketones (excluding diaryl/α,β-unsaturated/α-hetero) is 1. The van der Waals surface area contributed by atoms with E-state index in [2.05, 4.69) is 10.3 Å². The molecule has 1 unspecified atom stereocenters. The molecule has 1 atom stereocenters. The minimum absolute atomic E-state index is 0.00648. The second kappa shape index (κ2) is 6.04.